The monoisotopic (exact) mass is 480 g/mol. The molecular formula is C26H28N2O7. The van der Waals surface area contributed by atoms with Gasteiger partial charge in [-0.2, -0.15) is 0 Å². The second-order valence-electron chi connectivity index (χ2n) is 10.1. The van der Waals surface area contributed by atoms with E-state index >= 15 is 0 Å². The van der Waals surface area contributed by atoms with E-state index in [1.807, 2.05) is 6.07 Å². The zero-order valence-electron chi connectivity index (χ0n) is 19.5. The van der Waals surface area contributed by atoms with Crippen molar-refractivity contribution in [1.29, 1.82) is 0 Å². The molecule has 4 aliphatic carbocycles. The summed E-state index contributed by atoms with van der Waals surface area (Å²) in [6.07, 6.45) is 6.35. The average Bonchev–Trinajstić information content (AvgIpc) is 3.30. The fourth-order valence-electron chi connectivity index (χ4n) is 6.51. The smallest absolute Gasteiger partial charge is 0.255 e. The first-order valence-corrected chi connectivity index (χ1v) is 11.7. The molecule has 5 rings (SSSR count). The Kier molecular flexibility index (Phi) is 5.19. The predicted molar refractivity (Wildman–Crippen MR) is 125 cm³/mol. The molecule has 6 N–H and O–H groups in total. The van der Waals surface area contributed by atoms with E-state index in [4.69, 9.17) is 5.73 Å². The van der Waals surface area contributed by atoms with Crippen LogP contribution in [-0.4, -0.2) is 68.5 Å². The van der Waals surface area contributed by atoms with E-state index in [0.29, 0.717) is 12.0 Å². The Morgan fingerprint density at radius 3 is 2.49 bits per heavy atom. The predicted octanol–water partition coefficient (Wildman–Crippen LogP) is 1.55. The third-order valence-corrected chi connectivity index (χ3v) is 8.05. The van der Waals surface area contributed by atoms with Crippen LogP contribution in [0, 0.1) is 11.8 Å². The van der Waals surface area contributed by atoms with Gasteiger partial charge in [-0.15, -0.1) is 0 Å². The van der Waals surface area contributed by atoms with E-state index in [1.54, 1.807) is 14.1 Å². The molecule has 0 aliphatic heterocycles. The number of allylic oxidation sites excluding steroid dienone is 3. The van der Waals surface area contributed by atoms with E-state index in [1.165, 1.54) is 11.0 Å². The summed E-state index contributed by atoms with van der Waals surface area (Å²) in [5, 5.41) is 44.3. The number of benzene rings is 1. The number of aliphatic hydroxyl groups is 3. The normalized spacial score (nSPS) is 32.1. The fraction of sp³-hybridized carbons (Fsp3) is 0.423. The molecule has 0 spiro atoms. The number of Topliss-reactive ketones (excluding diaryl/α,β-unsaturated/α-hetero) is 2. The molecule has 1 unspecified atom stereocenters. The number of hydrogen-bond acceptors (Lipinski definition) is 8. The minimum atomic E-state index is -2.62. The van der Waals surface area contributed by atoms with Crippen LogP contribution in [0.4, 0.5) is 0 Å². The molecule has 1 amide bonds. The maximum atomic E-state index is 13.7. The van der Waals surface area contributed by atoms with Crippen molar-refractivity contribution < 1.29 is 34.8 Å². The Labute approximate surface area is 201 Å². The molecule has 5 atom stereocenters. The molecule has 1 aromatic rings. The summed E-state index contributed by atoms with van der Waals surface area (Å²) in [4.78, 5) is 40.5. The van der Waals surface area contributed by atoms with Crippen molar-refractivity contribution in [3.63, 3.8) is 0 Å². The van der Waals surface area contributed by atoms with Gasteiger partial charge in [0.2, 0.25) is 5.78 Å². The van der Waals surface area contributed by atoms with Crippen LogP contribution in [0.1, 0.15) is 46.7 Å². The van der Waals surface area contributed by atoms with E-state index in [-0.39, 0.29) is 29.2 Å². The van der Waals surface area contributed by atoms with Gasteiger partial charge in [0.1, 0.15) is 22.8 Å². The number of hydrogen-bond donors (Lipinski definition) is 5. The Bertz CT molecular complexity index is 1270. The standard InChI is InChI=1S/C26H28N2O7/c1-28(2)20-15-10-12-9-14-13(11-5-3-4-6-11)7-8-16(29)18(14)21(30)17(12)23(32)26(15,35)24(33)19(22(20)31)25(27)34/h3,5,7-8,11-12,15,20,29,31-32,35H,4,6,9-10H2,1-2H3,(H2,27,34)/t11?,12-,15-,20-,26-/m1/s1. The number of fused-ring (bicyclic) bond motifs is 3. The highest BCUT2D eigenvalue weighted by molar-refractivity contribution is 6.24. The summed E-state index contributed by atoms with van der Waals surface area (Å²) in [5.41, 5.74) is 3.46. The summed E-state index contributed by atoms with van der Waals surface area (Å²) in [6, 6.07) is 2.27. The second kappa shape index (κ2) is 7.79. The van der Waals surface area contributed by atoms with Gasteiger partial charge in [-0.25, -0.2) is 0 Å². The van der Waals surface area contributed by atoms with E-state index < -0.39 is 58.0 Å². The van der Waals surface area contributed by atoms with Crippen LogP contribution in [0.15, 0.2) is 46.9 Å². The summed E-state index contributed by atoms with van der Waals surface area (Å²) in [5.74, 6) is -6.27. The number of aliphatic hydroxyl groups excluding tert-OH is 2. The Morgan fingerprint density at radius 2 is 1.89 bits per heavy atom. The zero-order chi connectivity index (χ0) is 25.4. The van der Waals surface area contributed by atoms with Gasteiger partial charge in [0.05, 0.1) is 11.6 Å². The SMILES string of the molecule is CN(C)[C@H]1C(O)=C(C(N)=O)C(=O)[C@]2(O)C(O)=C3C(=O)c4c(O)ccc(C5C=CCC5)c4C[C@@H]3C[C@H]12. The number of likely N-dealkylation sites (N-methyl/N-ethyl adjacent to an activating group) is 1. The van der Waals surface area contributed by atoms with E-state index in [0.717, 1.165) is 18.4 Å². The van der Waals surface area contributed by atoms with E-state index in [9.17, 15) is 34.8 Å². The van der Waals surface area contributed by atoms with Crippen molar-refractivity contribution in [3.05, 3.63) is 63.6 Å². The molecule has 0 aromatic heterocycles. The summed E-state index contributed by atoms with van der Waals surface area (Å²) in [6.45, 7) is 0. The Morgan fingerprint density at radius 1 is 1.17 bits per heavy atom. The number of amides is 1. The highest BCUT2D eigenvalue weighted by Crippen LogP contribution is 2.53. The molecule has 1 aromatic carbocycles. The van der Waals surface area contributed by atoms with Crippen LogP contribution < -0.4 is 5.73 Å². The molecule has 9 heteroatoms. The maximum Gasteiger partial charge on any atom is 0.255 e. The number of primary amides is 1. The largest absolute Gasteiger partial charge is 0.510 e. The first-order valence-electron chi connectivity index (χ1n) is 11.7. The van der Waals surface area contributed by atoms with Crippen LogP contribution in [-0.2, 0) is 16.0 Å². The minimum absolute atomic E-state index is 0.0589. The third kappa shape index (κ3) is 3.04. The molecule has 0 bridgehead atoms. The van der Waals surface area contributed by atoms with Gasteiger partial charge >= 0.3 is 0 Å². The molecule has 0 saturated heterocycles. The lowest BCUT2D eigenvalue weighted by Gasteiger charge is -2.50. The molecule has 0 radical (unpaired) electrons. The summed E-state index contributed by atoms with van der Waals surface area (Å²) in [7, 11) is 3.21. The number of nitrogens with two attached hydrogens (primary N) is 1. The highest BCUT2D eigenvalue weighted by Gasteiger charge is 2.63. The number of aromatic hydroxyl groups is 1. The van der Waals surface area contributed by atoms with Crippen molar-refractivity contribution >= 4 is 17.5 Å². The summed E-state index contributed by atoms with van der Waals surface area (Å²) >= 11 is 0. The number of carbonyl (C=O) groups excluding carboxylic acids is 3. The van der Waals surface area contributed by atoms with Crippen molar-refractivity contribution in [2.24, 2.45) is 17.6 Å². The van der Waals surface area contributed by atoms with Crippen molar-refractivity contribution in [1.82, 2.24) is 4.90 Å². The average molecular weight is 481 g/mol. The van der Waals surface area contributed by atoms with Crippen LogP contribution in [0.3, 0.4) is 0 Å². The molecule has 0 fully saturated rings. The second-order valence-corrected chi connectivity index (χ2v) is 10.1. The van der Waals surface area contributed by atoms with Crippen LogP contribution in [0.2, 0.25) is 0 Å². The van der Waals surface area contributed by atoms with Gasteiger partial charge < -0.3 is 26.2 Å². The molecule has 35 heavy (non-hydrogen) atoms. The van der Waals surface area contributed by atoms with Crippen LogP contribution in [0.5, 0.6) is 5.75 Å². The van der Waals surface area contributed by atoms with Crippen LogP contribution >= 0.6 is 0 Å². The highest BCUT2D eigenvalue weighted by atomic mass is 16.3. The van der Waals surface area contributed by atoms with Crippen LogP contribution in [0.25, 0.3) is 0 Å². The number of carbonyl (C=O) groups is 3. The first kappa shape index (κ1) is 23.3. The number of phenols is 1. The third-order valence-electron chi connectivity index (χ3n) is 8.05. The Hall–Kier alpha value is -3.43. The lowest BCUT2D eigenvalue weighted by molar-refractivity contribution is -0.148. The Balaban J connectivity index is 1.71. The first-order chi connectivity index (χ1) is 16.5. The van der Waals surface area contributed by atoms with Crippen molar-refractivity contribution in [3.8, 4) is 5.75 Å². The quantitative estimate of drug-likeness (QED) is 0.322. The molecule has 4 aliphatic rings. The van der Waals surface area contributed by atoms with Crippen molar-refractivity contribution in [2.75, 3.05) is 14.1 Å². The van der Waals surface area contributed by atoms with Gasteiger partial charge in [0.25, 0.3) is 5.91 Å². The molecule has 0 saturated carbocycles. The zero-order valence-corrected chi connectivity index (χ0v) is 19.5. The lowest BCUT2D eigenvalue weighted by atomic mass is 9.58. The minimum Gasteiger partial charge on any atom is -0.510 e. The molecule has 9 nitrogen and oxygen atoms in total. The number of nitrogens with zero attached hydrogens (tertiary/aromatic N) is 1. The van der Waals surface area contributed by atoms with Gasteiger partial charge in [-0.05, 0) is 62.9 Å². The molecule has 0 heterocycles. The van der Waals surface area contributed by atoms with Gasteiger partial charge in [0, 0.05) is 17.4 Å². The fourth-order valence-corrected chi connectivity index (χ4v) is 6.51. The number of phenolic OH excluding ortho intramolecular Hbond substituents is 1. The molecular weight excluding hydrogens is 452 g/mol. The maximum absolute atomic E-state index is 13.7. The topological polar surface area (TPSA) is 161 Å². The molecule has 184 valence electrons. The summed E-state index contributed by atoms with van der Waals surface area (Å²) < 4.78 is 0. The van der Waals surface area contributed by atoms with Crippen molar-refractivity contribution in [2.45, 2.75) is 43.2 Å². The van der Waals surface area contributed by atoms with Gasteiger partial charge in [-0.1, -0.05) is 18.2 Å². The number of rotatable bonds is 3. The van der Waals surface area contributed by atoms with E-state index in [2.05, 4.69) is 12.2 Å². The lowest BCUT2D eigenvalue weighted by Crippen LogP contribution is -2.63. The number of ketones is 2. The van der Waals surface area contributed by atoms with Gasteiger partial charge in [0.15, 0.2) is 11.4 Å². The van der Waals surface area contributed by atoms with Gasteiger partial charge in [-0.3, -0.25) is 19.3 Å².